The highest BCUT2D eigenvalue weighted by Gasteiger charge is 2.27. The highest BCUT2D eigenvalue weighted by molar-refractivity contribution is 5.93. The third-order valence-electron chi connectivity index (χ3n) is 5.73. The lowest BCUT2D eigenvalue weighted by atomic mass is 9.94. The van der Waals surface area contributed by atoms with Crippen LogP contribution < -0.4 is 10.6 Å². The first kappa shape index (κ1) is 23.4. The summed E-state index contributed by atoms with van der Waals surface area (Å²) in [5.41, 5.74) is 2.01. The van der Waals surface area contributed by atoms with Gasteiger partial charge in [-0.05, 0) is 43.0 Å². The molecule has 0 saturated heterocycles. The van der Waals surface area contributed by atoms with Crippen LogP contribution in [0.3, 0.4) is 0 Å². The number of amides is 3. The van der Waals surface area contributed by atoms with Crippen LogP contribution in [0.1, 0.15) is 56.1 Å². The number of rotatable bonds is 9. The highest BCUT2D eigenvalue weighted by atomic mass is 16.2. The maximum Gasteiger partial charge on any atom is 0.239 e. The van der Waals surface area contributed by atoms with Crippen molar-refractivity contribution in [2.45, 2.75) is 64.5 Å². The lowest BCUT2D eigenvalue weighted by Crippen LogP contribution is -2.47. The summed E-state index contributed by atoms with van der Waals surface area (Å²) in [6, 6.07) is 13.4. The molecule has 2 aromatic rings. The normalized spacial score (nSPS) is 13.9. The molecule has 1 aromatic carbocycles. The van der Waals surface area contributed by atoms with Crippen LogP contribution >= 0.6 is 0 Å². The average Bonchev–Trinajstić information content (AvgIpc) is 2.81. The second-order valence-electron chi connectivity index (χ2n) is 8.34. The molecule has 1 aromatic heterocycles. The first-order chi connectivity index (χ1) is 15.5. The molecule has 0 bridgehead atoms. The van der Waals surface area contributed by atoms with Gasteiger partial charge in [-0.15, -0.1) is 0 Å². The Balaban J connectivity index is 1.54. The minimum Gasteiger partial charge on any atom is -0.350 e. The van der Waals surface area contributed by atoms with Crippen molar-refractivity contribution in [3.05, 3.63) is 59.8 Å². The predicted octanol–water partition coefficient (Wildman–Crippen LogP) is 3.59. The van der Waals surface area contributed by atoms with Gasteiger partial charge in [0.25, 0.3) is 0 Å². The van der Waals surface area contributed by atoms with Gasteiger partial charge in [0.05, 0.1) is 6.54 Å². The molecule has 170 valence electrons. The van der Waals surface area contributed by atoms with E-state index in [4.69, 9.17) is 0 Å². The Morgan fingerprint density at radius 3 is 2.47 bits per heavy atom. The van der Waals surface area contributed by atoms with Crippen molar-refractivity contribution in [1.82, 2.24) is 15.2 Å². The SMILES string of the molecule is Cc1ccnc(NC(=O)CCC(=O)N(CC(=O)NCc2ccccc2)C2CCCCC2)c1. The van der Waals surface area contributed by atoms with Crippen molar-refractivity contribution in [1.29, 1.82) is 0 Å². The van der Waals surface area contributed by atoms with Gasteiger partial charge in [-0.3, -0.25) is 14.4 Å². The van der Waals surface area contributed by atoms with Crippen molar-refractivity contribution in [2.75, 3.05) is 11.9 Å². The van der Waals surface area contributed by atoms with E-state index in [1.807, 2.05) is 43.3 Å². The van der Waals surface area contributed by atoms with Gasteiger partial charge in [0.1, 0.15) is 5.82 Å². The van der Waals surface area contributed by atoms with Crippen LogP contribution in [0, 0.1) is 6.92 Å². The molecule has 1 heterocycles. The van der Waals surface area contributed by atoms with Crippen LogP contribution in [0.5, 0.6) is 0 Å². The Morgan fingerprint density at radius 2 is 1.75 bits per heavy atom. The predicted molar refractivity (Wildman–Crippen MR) is 124 cm³/mol. The molecule has 0 atom stereocenters. The average molecular weight is 437 g/mol. The van der Waals surface area contributed by atoms with Crippen molar-refractivity contribution in [2.24, 2.45) is 0 Å². The molecule has 1 fully saturated rings. The molecule has 32 heavy (non-hydrogen) atoms. The molecule has 0 aliphatic heterocycles. The summed E-state index contributed by atoms with van der Waals surface area (Å²) in [6.45, 7) is 2.38. The highest BCUT2D eigenvalue weighted by Crippen LogP contribution is 2.23. The smallest absolute Gasteiger partial charge is 0.239 e. The van der Waals surface area contributed by atoms with Crippen LogP contribution in [0.15, 0.2) is 48.7 Å². The number of nitrogens with one attached hydrogen (secondary N) is 2. The maximum atomic E-state index is 13.0. The summed E-state index contributed by atoms with van der Waals surface area (Å²) >= 11 is 0. The number of carbonyl (C=O) groups excluding carboxylic acids is 3. The van der Waals surface area contributed by atoms with E-state index in [-0.39, 0.29) is 43.1 Å². The molecule has 0 spiro atoms. The molecule has 0 radical (unpaired) electrons. The monoisotopic (exact) mass is 436 g/mol. The minimum atomic E-state index is -0.256. The summed E-state index contributed by atoms with van der Waals surface area (Å²) in [5.74, 6) is -0.110. The van der Waals surface area contributed by atoms with Crippen molar-refractivity contribution in [3.63, 3.8) is 0 Å². The molecular formula is C25H32N4O3. The molecule has 1 saturated carbocycles. The van der Waals surface area contributed by atoms with Gasteiger partial charge in [0, 0.05) is 31.6 Å². The largest absolute Gasteiger partial charge is 0.350 e. The van der Waals surface area contributed by atoms with Gasteiger partial charge < -0.3 is 15.5 Å². The lowest BCUT2D eigenvalue weighted by Gasteiger charge is -2.34. The Kier molecular flexibility index (Phi) is 8.78. The molecule has 3 amide bonds. The molecule has 7 heteroatoms. The van der Waals surface area contributed by atoms with Crippen molar-refractivity contribution < 1.29 is 14.4 Å². The maximum absolute atomic E-state index is 13.0. The van der Waals surface area contributed by atoms with Crippen molar-refractivity contribution >= 4 is 23.5 Å². The third kappa shape index (κ3) is 7.48. The van der Waals surface area contributed by atoms with Gasteiger partial charge in [0.15, 0.2) is 0 Å². The van der Waals surface area contributed by atoms with Gasteiger partial charge >= 0.3 is 0 Å². The third-order valence-corrected chi connectivity index (χ3v) is 5.73. The van der Waals surface area contributed by atoms with Crippen LogP contribution in [-0.4, -0.2) is 40.2 Å². The van der Waals surface area contributed by atoms with E-state index in [1.165, 1.54) is 0 Å². The van der Waals surface area contributed by atoms with Gasteiger partial charge in [-0.1, -0.05) is 49.6 Å². The Labute approximate surface area is 189 Å². The van der Waals surface area contributed by atoms with Crippen LogP contribution in [-0.2, 0) is 20.9 Å². The first-order valence-electron chi connectivity index (χ1n) is 11.3. The summed E-state index contributed by atoms with van der Waals surface area (Å²) in [7, 11) is 0. The van der Waals surface area contributed by atoms with E-state index in [2.05, 4.69) is 15.6 Å². The second kappa shape index (κ2) is 12.0. The number of aromatic nitrogens is 1. The standard InChI is InChI=1S/C25H32N4O3/c1-19-14-15-26-22(16-19)28-23(30)12-13-25(32)29(21-10-6-3-7-11-21)18-24(31)27-17-20-8-4-2-5-9-20/h2,4-5,8-9,14-16,21H,3,6-7,10-13,17-18H2,1H3,(H,27,31)(H,26,28,30). The number of nitrogens with zero attached hydrogens (tertiary/aromatic N) is 2. The molecule has 1 aliphatic carbocycles. The summed E-state index contributed by atoms with van der Waals surface area (Å²) < 4.78 is 0. The number of carbonyl (C=O) groups is 3. The molecular weight excluding hydrogens is 404 g/mol. The number of hydrogen-bond acceptors (Lipinski definition) is 4. The fourth-order valence-electron chi connectivity index (χ4n) is 3.99. The quantitative estimate of drug-likeness (QED) is 0.628. The number of pyridine rings is 1. The van der Waals surface area contributed by atoms with E-state index in [9.17, 15) is 14.4 Å². The number of anilines is 1. The molecule has 3 rings (SSSR count). The Hall–Kier alpha value is -3.22. The first-order valence-corrected chi connectivity index (χ1v) is 11.3. The Morgan fingerprint density at radius 1 is 1.00 bits per heavy atom. The van der Waals surface area contributed by atoms with Crippen LogP contribution in [0.25, 0.3) is 0 Å². The zero-order valence-electron chi connectivity index (χ0n) is 18.7. The summed E-state index contributed by atoms with van der Waals surface area (Å²) in [6.07, 6.45) is 6.83. The Bertz CT molecular complexity index is 910. The number of aryl methyl sites for hydroxylation is 1. The lowest BCUT2D eigenvalue weighted by molar-refractivity contribution is -0.139. The minimum absolute atomic E-state index is 0.0252. The summed E-state index contributed by atoms with van der Waals surface area (Å²) in [4.78, 5) is 43.7. The van der Waals surface area contributed by atoms with E-state index < -0.39 is 0 Å². The van der Waals surface area contributed by atoms with Crippen molar-refractivity contribution in [3.8, 4) is 0 Å². The van der Waals surface area contributed by atoms with Gasteiger partial charge in [-0.25, -0.2) is 4.98 Å². The molecule has 2 N–H and O–H groups in total. The number of benzene rings is 1. The van der Waals surface area contributed by atoms with E-state index in [0.29, 0.717) is 12.4 Å². The van der Waals surface area contributed by atoms with E-state index in [1.54, 1.807) is 17.2 Å². The molecule has 0 unspecified atom stereocenters. The molecule has 7 nitrogen and oxygen atoms in total. The van der Waals surface area contributed by atoms with Gasteiger partial charge in [-0.2, -0.15) is 0 Å². The fourth-order valence-corrected chi connectivity index (χ4v) is 3.99. The van der Waals surface area contributed by atoms with E-state index >= 15 is 0 Å². The van der Waals surface area contributed by atoms with E-state index in [0.717, 1.165) is 43.2 Å². The summed E-state index contributed by atoms with van der Waals surface area (Å²) in [5, 5.41) is 5.64. The zero-order valence-corrected chi connectivity index (χ0v) is 18.7. The zero-order chi connectivity index (χ0) is 22.8. The second-order valence-corrected chi connectivity index (χ2v) is 8.34. The number of hydrogen-bond donors (Lipinski definition) is 2. The topological polar surface area (TPSA) is 91.4 Å². The van der Waals surface area contributed by atoms with Crippen LogP contribution in [0.2, 0.25) is 0 Å². The molecule has 1 aliphatic rings. The van der Waals surface area contributed by atoms with Gasteiger partial charge in [0.2, 0.25) is 17.7 Å². The fraction of sp³-hybridized carbons (Fsp3) is 0.440. The van der Waals surface area contributed by atoms with Crippen LogP contribution in [0.4, 0.5) is 5.82 Å².